The van der Waals surface area contributed by atoms with Crippen LogP contribution in [0.3, 0.4) is 0 Å². The van der Waals surface area contributed by atoms with Crippen LogP contribution in [0, 0.1) is 6.92 Å². The molecule has 0 aliphatic carbocycles. The van der Waals surface area contributed by atoms with Gasteiger partial charge >= 0.3 is 0 Å². The quantitative estimate of drug-likeness (QED) is 0.648. The van der Waals surface area contributed by atoms with Gasteiger partial charge in [-0.25, -0.2) is 0 Å². The molecule has 0 heterocycles. The highest BCUT2D eigenvalue weighted by atomic mass is 15.1. The zero-order valence-electron chi connectivity index (χ0n) is 8.39. The van der Waals surface area contributed by atoms with E-state index in [1.807, 2.05) is 0 Å². The molecule has 0 N–H and O–H groups in total. The van der Waals surface area contributed by atoms with Crippen molar-refractivity contribution in [3.8, 4) is 0 Å². The molecule has 0 saturated carbocycles. The topological polar surface area (TPSA) is 3.24 Å². The Bertz CT molecular complexity index is 264. The Kier molecular flexibility index (Phi) is 2.74. The fourth-order valence-electron chi connectivity index (χ4n) is 1.32. The van der Waals surface area contributed by atoms with Crippen molar-refractivity contribution in [1.29, 1.82) is 0 Å². The third kappa shape index (κ3) is 1.79. The third-order valence-corrected chi connectivity index (χ3v) is 2.23. The van der Waals surface area contributed by atoms with E-state index in [2.05, 4.69) is 51.0 Å². The molecule has 0 aromatic heterocycles. The molecule has 1 aromatic rings. The van der Waals surface area contributed by atoms with E-state index in [0.29, 0.717) is 0 Å². The molecule has 1 rings (SSSR count). The lowest BCUT2D eigenvalue weighted by Gasteiger charge is -2.14. The number of aryl methyl sites for hydroxylation is 2. The summed E-state index contributed by atoms with van der Waals surface area (Å²) in [6, 6.07) is 6.61. The van der Waals surface area contributed by atoms with Crippen LogP contribution in [0.15, 0.2) is 18.2 Å². The Morgan fingerprint density at radius 2 is 1.92 bits per heavy atom. The maximum absolute atomic E-state index is 2.26. The fraction of sp³-hybridized carbons (Fsp3) is 0.455. The Morgan fingerprint density at radius 1 is 1.25 bits per heavy atom. The van der Waals surface area contributed by atoms with Gasteiger partial charge < -0.3 is 4.90 Å². The van der Waals surface area contributed by atoms with Gasteiger partial charge in [-0.3, -0.25) is 0 Å². The molecular formula is C11H17N. The first-order valence-electron chi connectivity index (χ1n) is 4.42. The number of nitrogens with zero attached hydrogens (tertiary/aromatic N) is 1. The van der Waals surface area contributed by atoms with Gasteiger partial charge in [0.2, 0.25) is 0 Å². The van der Waals surface area contributed by atoms with Crippen molar-refractivity contribution in [3.05, 3.63) is 29.3 Å². The van der Waals surface area contributed by atoms with Gasteiger partial charge in [0.25, 0.3) is 0 Å². The predicted molar refractivity (Wildman–Crippen MR) is 54.9 cm³/mol. The van der Waals surface area contributed by atoms with Crippen molar-refractivity contribution < 1.29 is 0 Å². The van der Waals surface area contributed by atoms with Crippen molar-refractivity contribution in [1.82, 2.24) is 0 Å². The molecule has 1 aromatic carbocycles. The summed E-state index contributed by atoms with van der Waals surface area (Å²) in [7, 11) is 4.15. The Hall–Kier alpha value is -0.980. The molecule has 1 heteroatoms. The molecule has 0 radical (unpaired) electrons. The van der Waals surface area contributed by atoms with E-state index in [1.54, 1.807) is 0 Å². The molecule has 0 atom stereocenters. The molecule has 0 bridgehead atoms. The minimum absolute atomic E-state index is 1.12. The molecule has 0 saturated heterocycles. The Labute approximate surface area is 75.0 Å². The molecule has 0 spiro atoms. The summed E-state index contributed by atoms with van der Waals surface area (Å²) in [5.74, 6) is 0. The lowest BCUT2D eigenvalue weighted by Crippen LogP contribution is -2.08. The van der Waals surface area contributed by atoms with Crippen LogP contribution in [0.25, 0.3) is 0 Å². The highest BCUT2D eigenvalue weighted by Crippen LogP contribution is 2.17. The minimum Gasteiger partial charge on any atom is -0.378 e. The summed E-state index contributed by atoms with van der Waals surface area (Å²) in [6.07, 6.45) is 1.12. The normalized spacial score (nSPS) is 10.0. The van der Waals surface area contributed by atoms with Gasteiger partial charge in [0.05, 0.1) is 0 Å². The van der Waals surface area contributed by atoms with Gasteiger partial charge in [-0.15, -0.1) is 0 Å². The van der Waals surface area contributed by atoms with Gasteiger partial charge in [-0.05, 0) is 36.6 Å². The fourth-order valence-corrected chi connectivity index (χ4v) is 1.32. The summed E-state index contributed by atoms with van der Waals surface area (Å²) in [5.41, 5.74) is 4.13. The molecule has 0 aliphatic heterocycles. The number of hydrogen-bond donors (Lipinski definition) is 0. The predicted octanol–water partition coefficient (Wildman–Crippen LogP) is 2.62. The number of anilines is 1. The van der Waals surface area contributed by atoms with E-state index in [4.69, 9.17) is 0 Å². The van der Waals surface area contributed by atoms with Gasteiger partial charge in [0, 0.05) is 19.8 Å². The maximum Gasteiger partial charge on any atom is 0.0363 e. The van der Waals surface area contributed by atoms with E-state index in [1.165, 1.54) is 16.8 Å². The first-order valence-corrected chi connectivity index (χ1v) is 4.42. The number of benzene rings is 1. The first kappa shape index (κ1) is 9.11. The summed E-state index contributed by atoms with van der Waals surface area (Å²) >= 11 is 0. The van der Waals surface area contributed by atoms with Gasteiger partial charge in [-0.1, -0.05) is 13.0 Å². The molecular weight excluding hydrogens is 146 g/mol. The van der Waals surface area contributed by atoms with Gasteiger partial charge in [-0.2, -0.15) is 0 Å². The van der Waals surface area contributed by atoms with E-state index in [-0.39, 0.29) is 0 Å². The highest BCUT2D eigenvalue weighted by Gasteiger charge is 1.98. The SMILES string of the molecule is CCc1cc(N(C)C)ccc1C. The second kappa shape index (κ2) is 3.61. The second-order valence-electron chi connectivity index (χ2n) is 3.36. The molecule has 0 fully saturated rings. The van der Waals surface area contributed by atoms with Crippen LogP contribution in [0.1, 0.15) is 18.1 Å². The van der Waals surface area contributed by atoms with Crippen LogP contribution in [-0.4, -0.2) is 14.1 Å². The smallest absolute Gasteiger partial charge is 0.0363 e. The van der Waals surface area contributed by atoms with Gasteiger partial charge in [0.1, 0.15) is 0 Å². The van der Waals surface area contributed by atoms with Crippen molar-refractivity contribution in [2.45, 2.75) is 20.3 Å². The minimum atomic E-state index is 1.12. The molecule has 0 aliphatic rings. The first-order chi connectivity index (χ1) is 5.65. The lowest BCUT2D eigenvalue weighted by atomic mass is 10.1. The maximum atomic E-state index is 2.26. The number of rotatable bonds is 2. The average Bonchev–Trinajstić information content (AvgIpc) is 2.05. The van der Waals surface area contributed by atoms with Crippen molar-refractivity contribution in [2.24, 2.45) is 0 Å². The molecule has 66 valence electrons. The van der Waals surface area contributed by atoms with Gasteiger partial charge in [0.15, 0.2) is 0 Å². The summed E-state index contributed by atoms with van der Waals surface area (Å²) in [5, 5.41) is 0. The summed E-state index contributed by atoms with van der Waals surface area (Å²) in [4.78, 5) is 2.14. The van der Waals surface area contributed by atoms with Crippen molar-refractivity contribution in [3.63, 3.8) is 0 Å². The number of hydrogen-bond acceptors (Lipinski definition) is 1. The standard InChI is InChI=1S/C11H17N/c1-5-10-8-11(12(3)4)7-6-9(10)2/h6-8H,5H2,1-4H3. The van der Waals surface area contributed by atoms with Crippen LogP contribution >= 0.6 is 0 Å². The Morgan fingerprint density at radius 3 is 2.42 bits per heavy atom. The molecule has 12 heavy (non-hydrogen) atoms. The second-order valence-corrected chi connectivity index (χ2v) is 3.36. The Balaban J connectivity index is 3.05. The van der Waals surface area contributed by atoms with Crippen LogP contribution in [0.2, 0.25) is 0 Å². The van der Waals surface area contributed by atoms with Crippen LogP contribution in [-0.2, 0) is 6.42 Å². The molecule has 1 nitrogen and oxygen atoms in total. The molecule has 0 unspecified atom stereocenters. The molecule has 0 amide bonds. The van der Waals surface area contributed by atoms with Crippen molar-refractivity contribution in [2.75, 3.05) is 19.0 Å². The van der Waals surface area contributed by atoms with E-state index in [0.717, 1.165) is 6.42 Å². The van der Waals surface area contributed by atoms with E-state index < -0.39 is 0 Å². The van der Waals surface area contributed by atoms with E-state index >= 15 is 0 Å². The third-order valence-electron chi connectivity index (χ3n) is 2.23. The van der Waals surface area contributed by atoms with Crippen LogP contribution in [0.4, 0.5) is 5.69 Å². The lowest BCUT2D eigenvalue weighted by molar-refractivity contribution is 1.08. The van der Waals surface area contributed by atoms with Crippen LogP contribution in [0.5, 0.6) is 0 Å². The summed E-state index contributed by atoms with van der Waals surface area (Å²) < 4.78 is 0. The van der Waals surface area contributed by atoms with Crippen LogP contribution < -0.4 is 4.90 Å². The highest BCUT2D eigenvalue weighted by molar-refractivity contribution is 5.49. The zero-order chi connectivity index (χ0) is 9.14. The average molecular weight is 163 g/mol. The zero-order valence-corrected chi connectivity index (χ0v) is 8.39. The summed E-state index contributed by atoms with van der Waals surface area (Å²) in [6.45, 7) is 4.36. The van der Waals surface area contributed by atoms with E-state index in [9.17, 15) is 0 Å². The largest absolute Gasteiger partial charge is 0.378 e. The van der Waals surface area contributed by atoms with Crippen molar-refractivity contribution >= 4 is 5.69 Å². The monoisotopic (exact) mass is 163 g/mol.